The van der Waals surface area contributed by atoms with Gasteiger partial charge in [-0.3, -0.25) is 0 Å². The quantitative estimate of drug-likeness (QED) is 0.844. The van der Waals surface area contributed by atoms with Gasteiger partial charge in [0, 0.05) is 0 Å². The standard InChI is InChI=1S/C18H20O/c19-18(13-6-14-4-2-1-3-5-14)17-11-9-16(10-12-17)15-7-8-15/h1-5,9-12,15,18-19H,6-8,13H2. The Morgan fingerprint density at radius 2 is 1.63 bits per heavy atom. The van der Waals surface area contributed by atoms with E-state index in [1.54, 1.807) is 0 Å². The van der Waals surface area contributed by atoms with Crippen LogP contribution in [0, 0.1) is 0 Å². The van der Waals surface area contributed by atoms with Crippen molar-refractivity contribution < 1.29 is 5.11 Å². The fourth-order valence-corrected chi connectivity index (χ4v) is 2.52. The molecular weight excluding hydrogens is 232 g/mol. The highest BCUT2D eigenvalue weighted by Gasteiger charge is 2.23. The third-order valence-electron chi connectivity index (χ3n) is 3.92. The molecule has 1 aliphatic rings. The van der Waals surface area contributed by atoms with Crippen LogP contribution in [-0.4, -0.2) is 5.11 Å². The lowest BCUT2D eigenvalue weighted by molar-refractivity contribution is 0.168. The monoisotopic (exact) mass is 252 g/mol. The van der Waals surface area contributed by atoms with Gasteiger partial charge in [-0.05, 0) is 48.3 Å². The summed E-state index contributed by atoms with van der Waals surface area (Å²) in [5.41, 5.74) is 3.76. The van der Waals surface area contributed by atoms with Gasteiger partial charge in [0.05, 0.1) is 6.10 Å². The Morgan fingerprint density at radius 1 is 0.947 bits per heavy atom. The molecule has 98 valence electrons. The molecule has 0 amide bonds. The minimum absolute atomic E-state index is 0.353. The molecule has 1 N–H and O–H groups in total. The van der Waals surface area contributed by atoms with Crippen molar-refractivity contribution in [3.8, 4) is 0 Å². The molecule has 2 aromatic carbocycles. The van der Waals surface area contributed by atoms with E-state index in [2.05, 4.69) is 36.4 Å². The van der Waals surface area contributed by atoms with Crippen LogP contribution in [0.2, 0.25) is 0 Å². The number of hydrogen-bond donors (Lipinski definition) is 1. The lowest BCUT2D eigenvalue weighted by atomic mass is 9.99. The molecule has 0 aromatic heterocycles. The van der Waals surface area contributed by atoms with E-state index in [0.717, 1.165) is 24.3 Å². The minimum Gasteiger partial charge on any atom is -0.388 e. The number of hydrogen-bond acceptors (Lipinski definition) is 1. The first-order chi connectivity index (χ1) is 9.33. The normalized spacial score (nSPS) is 16.3. The van der Waals surface area contributed by atoms with E-state index in [9.17, 15) is 5.11 Å². The zero-order valence-electron chi connectivity index (χ0n) is 11.1. The number of aliphatic hydroxyl groups excluding tert-OH is 1. The van der Waals surface area contributed by atoms with E-state index in [-0.39, 0.29) is 6.10 Å². The van der Waals surface area contributed by atoms with E-state index in [0.29, 0.717) is 0 Å². The van der Waals surface area contributed by atoms with Gasteiger partial charge in [0.25, 0.3) is 0 Å². The van der Waals surface area contributed by atoms with Crippen molar-refractivity contribution in [2.45, 2.75) is 37.7 Å². The molecule has 0 radical (unpaired) electrons. The van der Waals surface area contributed by atoms with Crippen LogP contribution in [0.25, 0.3) is 0 Å². The highest BCUT2D eigenvalue weighted by molar-refractivity contribution is 5.29. The first-order valence-electron chi connectivity index (χ1n) is 7.15. The molecule has 0 heterocycles. The zero-order valence-corrected chi connectivity index (χ0v) is 11.1. The minimum atomic E-state index is -0.353. The molecule has 1 heteroatoms. The molecule has 0 aliphatic heterocycles. The average Bonchev–Trinajstić information content (AvgIpc) is 3.31. The molecule has 1 fully saturated rings. The van der Waals surface area contributed by atoms with Crippen molar-refractivity contribution in [3.63, 3.8) is 0 Å². The van der Waals surface area contributed by atoms with Crippen molar-refractivity contribution in [3.05, 3.63) is 71.3 Å². The fourth-order valence-electron chi connectivity index (χ4n) is 2.52. The maximum atomic E-state index is 10.2. The Balaban J connectivity index is 1.58. The molecule has 1 atom stereocenters. The van der Waals surface area contributed by atoms with Crippen LogP contribution in [0.3, 0.4) is 0 Å². The van der Waals surface area contributed by atoms with Gasteiger partial charge in [-0.15, -0.1) is 0 Å². The maximum Gasteiger partial charge on any atom is 0.0793 e. The smallest absolute Gasteiger partial charge is 0.0793 e. The summed E-state index contributed by atoms with van der Waals surface area (Å²) in [6.45, 7) is 0. The summed E-state index contributed by atoms with van der Waals surface area (Å²) < 4.78 is 0. The second-order valence-corrected chi connectivity index (χ2v) is 5.48. The van der Waals surface area contributed by atoms with Gasteiger partial charge in [0.15, 0.2) is 0 Å². The largest absolute Gasteiger partial charge is 0.388 e. The first kappa shape index (κ1) is 12.4. The lowest BCUT2D eigenvalue weighted by Crippen LogP contribution is -1.99. The SMILES string of the molecule is OC(CCc1ccccc1)c1ccc(C2CC2)cc1. The number of benzene rings is 2. The summed E-state index contributed by atoms with van der Waals surface area (Å²) in [5, 5.41) is 10.2. The number of aryl methyl sites for hydroxylation is 1. The molecule has 1 saturated carbocycles. The van der Waals surface area contributed by atoms with Crippen LogP contribution in [0.15, 0.2) is 54.6 Å². The van der Waals surface area contributed by atoms with Crippen molar-refractivity contribution >= 4 is 0 Å². The van der Waals surface area contributed by atoms with Gasteiger partial charge in [-0.25, -0.2) is 0 Å². The van der Waals surface area contributed by atoms with Gasteiger partial charge in [-0.2, -0.15) is 0 Å². The molecule has 19 heavy (non-hydrogen) atoms. The van der Waals surface area contributed by atoms with Crippen molar-refractivity contribution in [1.82, 2.24) is 0 Å². The maximum absolute atomic E-state index is 10.2. The highest BCUT2D eigenvalue weighted by atomic mass is 16.3. The Bertz CT molecular complexity index is 511. The van der Waals surface area contributed by atoms with Gasteiger partial charge >= 0.3 is 0 Å². The molecule has 0 bridgehead atoms. The Labute approximate surface area is 114 Å². The Hall–Kier alpha value is -1.60. The molecule has 0 saturated heterocycles. The van der Waals surface area contributed by atoms with Crippen LogP contribution in [0.1, 0.15) is 48.0 Å². The van der Waals surface area contributed by atoms with E-state index in [4.69, 9.17) is 0 Å². The van der Waals surface area contributed by atoms with E-state index in [1.165, 1.54) is 24.0 Å². The summed E-state index contributed by atoms with van der Waals surface area (Å²) >= 11 is 0. The summed E-state index contributed by atoms with van der Waals surface area (Å²) in [6, 6.07) is 18.9. The molecule has 1 nitrogen and oxygen atoms in total. The van der Waals surface area contributed by atoms with Crippen molar-refractivity contribution in [2.75, 3.05) is 0 Å². The summed E-state index contributed by atoms with van der Waals surface area (Å²) in [5.74, 6) is 0.788. The molecule has 3 rings (SSSR count). The predicted octanol–water partition coefficient (Wildman–Crippen LogP) is 4.23. The molecule has 0 spiro atoms. The molecular formula is C18H20O. The lowest BCUT2D eigenvalue weighted by Gasteiger charge is -2.11. The Morgan fingerprint density at radius 3 is 2.26 bits per heavy atom. The van der Waals surface area contributed by atoms with Gasteiger partial charge < -0.3 is 5.11 Å². The van der Waals surface area contributed by atoms with Crippen LogP contribution < -0.4 is 0 Å². The van der Waals surface area contributed by atoms with E-state index < -0.39 is 0 Å². The first-order valence-corrected chi connectivity index (χ1v) is 7.15. The van der Waals surface area contributed by atoms with Crippen molar-refractivity contribution in [1.29, 1.82) is 0 Å². The highest BCUT2D eigenvalue weighted by Crippen LogP contribution is 2.40. The molecule has 2 aromatic rings. The summed E-state index contributed by atoms with van der Waals surface area (Å²) in [7, 11) is 0. The average molecular weight is 252 g/mol. The van der Waals surface area contributed by atoms with E-state index >= 15 is 0 Å². The zero-order chi connectivity index (χ0) is 13.1. The summed E-state index contributed by atoms with van der Waals surface area (Å²) in [4.78, 5) is 0. The topological polar surface area (TPSA) is 20.2 Å². The van der Waals surface area contributed by atoms with E-state index in [1.807, 2.05) is 18.2 Å². The third-order valence-corrected chi connectivity index (χ3v) is 3.92. The fraction of sp³-hybridized carbons (Fsp3) is 0.333. The number of aliphatic hydroxyl groups is 1. The second kappa shape index (κ2) is 5.58. The summed E-state index contributed by atoms with van der Waals surface area (Å²) in [6.07, 6.45) is 4.01. The predicted molar refractivity (Wildman–Crippen MR) is 78.1 cm³/mol. The molecule has 1 unspecified atom stereocenters. The Kier molecular flexibility index (Phi) is 3.65. The van der Waals surface area contributed by atoms with Crippen molar-refractivity contribution in [2.24, 2.45) is 0 Å². The molecule has 1 aliphatic carbocycles. The third kappa shape index (κ3) is 3.24. The van der Waals surface area contributed by atoms with Gasteiger partial charge in [0.2, 0.25) is 0 Å². The van der Waals surface area contributed by atoms with Gasteiger partial charge in [-0.1, -0.05) is 54.6 Å². The number of rotatable bonds is 5. The van der Waals surface area contributed by atoms with Crippen LogP contribution in [0.4, 0.5) is 0 Å². The van der Waals surface area contributed by atoms with Crippen LogP contribution in [-0.2, 0) is 6.42 Å². The van der Waals surface area contributed by atoms with Gasteiger partial charge in [0.1, 0.15) is 0 Å². The van der Waals surface area contributed by atoms with Crippen LogP contribution >= 0.6 is 0 Å². The van der Waals surface area contributed by atoms with Crippen LogP contribution in [0.5, 0.6) is 0 Å². The second-order valence-electron chi connectivity index (χ2n) is 5.48.